The lowest BCUT2D eigenvalue weighted by Crippen LogP contribution is -1.98. The van der Waals surface area contributed by atoms with Gasteiger partial charge in [-0.15, -0.1) is 0 Å². The molecule has 1 aromatic carbocycles. The number of hydrogen-bond acceptors (Lipinski definition) is 2. The molecule has 0 aliphatic rings. The van der Waals surface area contributed by atoms with Gasteiger partial charge in [-0.2, -0.15) is 0 Å². The molecule has 0 fully saturated rings. The second-order valence-electron chi connectivity index (χ2n) is 4.91. The SMILES string of the molecule is Cc1nc(C(C)C)ccc1-c1ccc(C(=O)O)cc1. The van der Waals surface area contributed by atoms with Crippen molar-refractivity contribution in [1.29, 1.82) is 0 Å². The lowest BCUT2D eigenvalue weighted by molar-refractivity contribution is 0.0697. The number of benzene rings is 1. The highest BCUT2D eigenvalue weighted by Crippen LogP contribution is 2.24. The Morgan fingerprint density at radius 1 is 1.11 bits per heavy atom. The van der Waals surface area contributed by atoms with E-state index >= 15 is 0 Å². The van der Waals surface area contributed by atoms with E-state index in [0.29, 0.717) is 11.5 Å². The monoisotopic (exact) mass is 255 g/mol. The van der Waals surface area contributed by atoms with Gasteiger partial charge < -0.3 is 5.11 Å². The van der Waals surface area contributed by atoms with Crippen molar-refractivity contribution in [2.45, 2.75) is 26.7 Å². The number of carboxylic acids is 1. The van der Waals surface area contributed by atoms with Gasteiger partial charge in [-0.05, 0) is 36.6 Å². The number of nitrogens with zero attached hydrogens (tertiary/aromatic N) is 1. The Labute approximate surface area is 112 Å². The van der Waals surface area contributed by atoms with E-state index in [2.05, 4.69) is 18.8 Å². The van der Waals surface area contributed by atoms with E-state index in [0.717, 1.165) is 22.5 Å². The summed E-state index contributed by atoms with van der Waals surface area (Å²) in [5.74, 6) is -0.501. The van der Waals surface area contributed by atoms with E-state index in [1.165, 1.54) is 0 Å². The van der Waals surface area contributed by atoms with Gasteiger partial charge in [0, 0.05) is 17.0 Å². The maximum Gasteiger partial charge on any atom is 0.335 e. The number of rotatable bonds is 3. The van der Waals surface area contributed by atoms with Gasteiger partial charge >= 0.3 is 5.97 Å². The van der Waals surface area contributed by atoms with Gasteiger partial charge in [0.05, 0.1) is 5.56 Å². The van der Waals surface area contributed by atoms with Gasteiger partial charge in [0.25, 0.3) is 0 Å². The molecule has 2 rings (SSSR count). The van der Waals surface area contributed by atoms with Gasteiger partial charge in [-0.25, -0.2) is 4.79 Å². The summed E-state index contributed by atoms with van der Waals surface area (Å²) >= 11 is 0. The van der Waals surface area contributed by atoms with E-state index in [4.69, 9.17) is 5.11 Å². The number of aromatic nitrogens is 1. The Balaban J connectivity index is 2.39. The highest BCUT2D eigenvalue weighted by molar-refractivity contribution is 5.88. The summed E-state index contributed by atoms with van der Waals surface area (Å²) in [7, 11) is 0. The van der Waals surface area contributed by atoms with Gasteiger partial charge in [0.1, 0.15) is 0 Å². The third-order valence-corrected chi connectivity index (χ3v) is 3.14. The molecule has 0 saturated carbocycles. The minimum absolute atomic E-state index is 0.299. The average molecular weight is 255 g/mol. The fraction of sp³-hybridized carbons (Fsp3) is 0.250. The lowest BCUT2D eigenvalue weighted by Gasteiger charge is -2.10. The van der Waals surface area contributed by atoms with Crippen LogP contribution in [0.3, 0.4) is 0 Å². The number of carboxylic acid groups (broad SMARTS) is 1. The smallest absolute Gasteiger partial charge is 0.335 e. The molecule has 1 N–H and O–H groups in total. The zero-order valence-electron chi connectivity index (χ0n) is 11.3. The molecule has 3 nitrogen and oxygen atoms in total. The van der Waals surface area contributed by atoms with Gasteiger partial charge in [0.2, 0.25) is 0 Å². The topological polar surface area (TPSA) is 50.2 Å². The van der Waals surface area contributed by atoms with Crippen LogP contribution in [0.5, 0.6) is 0 Å². The van der Waals surface area contributed by atoms with Crippen LogP contribution in [-0.2, 0) is 0 Å². The summed E-state index contributed by atoms with van der Waals surface area (Å²) in [6.45, 7) is 6.21. The Bertz CT molecular complexity index is 601. The van der Waals surface area contributed by atoms with Gasteiger partial charge in [0.15, 0.2) is 0 Å². The molecule has 0 bridgehead atoms. The molecular formula is C16H17NO2. The first-order valence-electron chi connectivity index (χ1n) is 6.30. The number of pyridine rings is 1. The van der Waals surface area contributed by atoms with E-state index in [-0.39, 0.29) is 0 Å². The van der Waals surface area contributed by atoms with Gasteiger partial charge in [-0.1, -0.05) is 32.0 Å². The predicted octanol–water partition coefficient (Wildman–Crippen LogP) is 3.88. The molecule has 1 heterocycles. The second-order valence-corrected chi connectivity index (χ2v) is 4.91. The van der Waals surface area contributed by atoms with Crippen LogP contribution in [0.15, 0.2) is 36.4 Å². The van der Waals surface area contributed by atoms with Crippen LogP contribution >= 0.6 is 0 Å². The molecule has 3 heteroatoms. The first-order chi connectivity index (χ1) is 8.99. The van der Waals surface area contributed by atoms with Crippen molar-refractivity contribution in [1.82, 2.24) is 4.98 Å². The molecule has 98 valence electrons. The largest absolute Gasteiger partial charge is 0.478 e. The predicted molar refractivity (Wildman–Crippen MR) is 75.5 cm³/mol. The number of hydrogen-bond donors (Lipinski definition) is 1. The molecule has 0 saturated heterocycles. The van der Waals surface area contributed by atoms with Crippen LogP contribution in [0.1, 0.15) is 41.5 Å². The molecule has 0 unspecified atom stereocenters. The van der Waals surface area contributed by atoms with E-state index in [1.54, 1.807) is 12.1 Å². The van der Waals surface area contributed by atoms with Crippen LogP contribution in [0.4, 0.5) is 0 Å². The molecule has 0 atom stereocenters. The van der Waals surface area contributed by atoms with E-state index in [9.17, 15) is 4.79 Å². The zero-order valence-corrected chi connectivity index (χ0v) is 11.3. The van der Waals surface area contributed by atoms with Crippen LogP contribution in [-0.4, -0.2) is 16.1 Å². The van der Waals surface area contributed by atoms with Gasteiger partial charge in [-0.3, -0.25) is 4.98 Å². The van der Waals surface area contributed by atoms with Crippen LogP contribution in [0.25, 0.3) is 11.1 Å². The van der Waals surface area contributed by atoms with Crippen LogP contribution in [0.2, 0.25) is 0 Å². The molecule has 1 aromatic heterocycles. The zero-order chi connectivity index (χ0) is 14.0. The molecule has 2 aromatic rings. The maximum atomic E-state index is 10.8. The van der Waals surface area contributed by atoms with Crippen molar-refractivity contribution < 1.29 is 9.90 Å². The minimum Gasteiger partial charge on any atom is -0.478 e. The first kappa shape index (κ1) is 13.3. The summed E-state index contributed by atoms with van der Waals surface area (Å²) in [6, 6.07) is 11.0. The van der Waals surface area contributed by atoms with Crippen LogP contribution < -0.4 is 0 Å². The highest BCUT2D eigenvalue weighted by Gasteiger charge is 2.08. The van der Waals surface area contributed by atoms with E-state index in [1.807, 2.05) is 31.2 Å². The van der Waals surface area contributed by atoms with Crippen LogP contribution in [0, 0.1) is 6.92 Å². The first-order valence-corrected chi connectivity index (χ1v) is 6.30. The second kappa shape index (κ2) is 5.22. The standard InChI is InChI=1S/C16H17NO2/c1-10(2)15-9-8-14(11(3)17-15)12-4-6-13(7-5-12)16(18)19/h4-10H,1-3H3,(H,18,19). The molecule has 0 spiro atoms. The Morgan fingerprint density at radius 2 is 1.74 bits per heavy atom. The van der Waals surface area contributed by atoms with Crippen molar-refractivity contribution in [2.24, 2.45) is 0 Å². The Morgan fingerprint density at radius 3 is 2.21 bits per heavy atom. The highest BCUT2D eigenvalue weighted by atomic mass is 16.4. The Hall–Kier alpha value is -2.16. The van der Waals surface area contributed by atoms with Crippen molar-refractivity contribution >= 4 is 5.97 Å². The third kappa shape index (κ3) is 2.81. The van der Waals surface area contributed by atoms with Crippen molar-refractivity contribution in [3.63, 3.8) is 0 Å². The summed E-state index contributed by atoms with van der Waals surface area (Å²) < 4.78 is 0. The summed E-state index contributed by atoms with van der Waals surface area (Å²) in [4.78, 5) is 15.4. The summed E-state index contributed by atoms with van der Waals surface area (Å²) in [6.07, 6.45) is 0. The maximum absolute atomic E-state index is 10.8. The van der Waals surface area contributed by atoms with Crippen molar-refractivity contribution in [2.75, 3.05) is 0 Å². The number of aromatic carboxylic acids is 1. The Kier molecular flexibility index (Phi) is 3.65. The number of carbonyl (C=O) groups is 1. The lowest BCUT2D eigenvalue weighted by atomic mass is 10.0. The molecule has 0 aliphatic heterocycles. The summed E-state index contributed by atoms with van der Waals surface area (Å²) in [5, 5.41) is 8.89. The molecular weight excluding hydrogens is 238 g/mol. The average Bonchev–Trinajstić information content (AvgIpc) is 2.38. The fourth-order valence-corrected chi connectivity index (χ4v) is 2.00. The minimum atomic E-state index is -0.906. The molecule has 19 heavy (non-hydrogen) atoms. The molecule has 0 amide bonds. The van der Waals surface area contributed by atoms with Crippen molar-refractivity contribution in [3.05, 3.63) is 53.3 Å². The third-order valence-electron chi connectivity index (χ3n) is 3.14. The number of aryl methyl sites for hydroxylation is 1. The van der Waals surface area contributed by atoms with E-state index < -0.39 is 5.97 Å². The fourth-order valence-electron chi connectivity index (χ4n) is 2.00. The molecule has 0 radical (unpaired) electrons. The quantitative estimate of drug-likeness (QED) is 0.905. The van der Waals surface area contributed by atoms with Crippen molar-refractivity contribution in [3.8, 4) is 11.1 Å². The summed E-state index contributed by atoms with van der Waals surface area (Å²) in [5.41, 5.74) is 4.37. The normalized spacial score (nSPS) is 10.7. The molecule has 0 aliphatic carbocycles.